The third kappa shape index (κ3) is 3.05. The fourth-order valence-electron chi connectivity index (χ4n) is 2.71. The first-order chi connectivity index (χ1) is 11.2. The van der Waals surface area contributed by atoms with Crippen molar-refractivity contribution in [3.63, 3.8) is 0 Å². The fourth-order valence-corrected chi connectivity index (χ4v) is 2.71. The molecule has 2 fully saturated rings. The Hall–Kier alpha value is -0.480. The van der Waals surface area contributed by atoms with Crippen molar-refractivity contribution in [1.82, 2.24) is 0 Å². The molecule has 0 spiro atoms. The average Bonchev–Trinajstić information content (AvgIpc) is 2.81. The van der Waals surface area contributed by atoms with Crippen molar-refractivity contribution >= 4 is 0 Å². The van der Waals surface area contributed by atoms with Gasteiger partial charge in [-0.25, -0.2) is 0 Å². The van der Waals surface area contributed by atoms with Crippen molar-refractivity contribution in [2.24, 2.45) is 0 Å². The quantitative estimate of drug-likeness (QED) is 0.210. The molecule has 2 rings (SSSR count). The van der Waals surface area contributed by atoms with Gasteiger partial charge in [0.05, 0.1) is 13.2 Å². The molecular weight excluding hydrogens is 336 g/mol. The third-order valence-electron chi connectivity index (χ3n) is 4.15. The van der Waals surface area contributed by atoms with Crippen molar-refractivity contribution < 1.29 is 60.2 Å². The molecule has 12 heteroatoms. The van der Waals surface area contributed by atoms with Crippen molar-refractivity contribution in [2.45, 2.75) is 54.5 Å². The van der Waals surface area contributed by atoms with Crippen LogP contribution in [0.3, 0.4) is 0 Å². The van der Waals surface area contributed by atoms with Crippen molar-refractivity contribution in [1.29, 1.82) is 0 Å². The van der Waals surface area contributed by atoms with E-state index >= 15 is 0 Å². The Labute approximate surface area is 135 Å². The summed E-state index contributed by atoms with van der Waals surface area (Å²) in [5.74, 6) is -5.62. The Morgan fingerprint density at radius 1 is 0.750 bits per heavy atom. The smallest absolute Gasteiger partial charge is 0.313 e. The summed E-state index contributed by atoms with van der Waals surface area (Å²) in [5, 5.41) is 87.0. The number of hydrogen-bond donors (Lipinski definition) is 9. The highest BCUT2D eigenvalue weighted by Gasteiger charge is 2.63. The summed E-state index contributed by atoms with van der Waals surface area (Å²) >= 11 is 0. The van der Waals surface area contributed by atoms with E-state index in [1.165, 1.54) is 0 Å². The Morgan fingerprint density at radius 3 is 1.75 bits per heavy atom. The van der Waals surface area contributed by atoms with Crippen LogP contribution in [0.1, 0.15) is 0 Å². The van der Waals surface area contributed by atoms with Gasteiger partial charge in [-0.15, -0.1) is 0 Å². The van der Waals surface area contributed by atoms with Gasteiger partial charge in [-0.2, -0.15) is 0 Å². The van der Waals surface area contributed by atoms with Crippen LogP contribution in [0.15, 0.2) is 0 Å². The van der Waals surface area contributed by atoms with Crippen molar-refractivity contribution in [3.8, 4) is 0 Å². The Kier molecular flexibility index (Phi) is 5.81. The summed E-state index contributed by atoms with van der Waals surface area (Å²) in [7, 11) is 0. The van der Waals surface area contributed by atoms with Gasteiger partial charge in [0.25, 0.3) is 0 Å². The molecular formula is C12H22O12. The first-order valence-electron chi connectivity index (χ1n) is 7.17. The molecule has 0 bridgehead atoms. The summed E-state index contributed by atoms with van der Waals surface area (Å²) in [6.07, 6.45) is -12.6. The van der Waals surface area contributed by atoms with Gasteiger partial charge in [0.1, 0.15) is 43.2 Å². The normalized spacial score (nSPS) is 52.6. The highest BCUT2D eigenvalue weighted by atomic mass is 16.9. The fraction of sp³-hybridized carbons (Fsp3) is 1.00. The molecule has 0 unspecified atom stereocenters. The van der Waals surface area contributed by atoms with Crippen LogP contribution in [-0.2, 0) is 14.2 Å². The summed E-state index contributed by atoms with van der Waals surface area (Å²) in [5.41, 5.74) is 0. The maximum Gasteiger partial charge on any atom is 0.313 e. The molecule has 0 aliphatic carbocycles. The predicted octanol–water partition coefficient (Wildman–Crippen LogP) is -6.08. The zero-order chi connectivity index (χ0) is 18.3. The molecule has 2 saturated heterocycles. The van der Waals surface area contributed by atoms with E-state index in [-0.39, 0.29) is 0 Å². The molecule has 2 aliphatic rings. The van der Waals surface area contributed by atoms with Crippen LogP contribution >= 0.6 is 0 Å². The Morgan fingerprint density at radius 2 is 1.29 bits per heavy atom. The molecule has 2 aliphatic heterocycles. The maximum atomic E-state index is 10.3. The van der Waals surface area contributed by atoms with Crippen LogP contribution in [0.2, 0.25) is 0 Å². The molecule has 0 amide bonds. The molecule has 142 valence electrons. The van der Waals surface area contributed by atoms with Gasteiger partial charge in [0.15, 0.2) is 6.10 Å². The topological polar surface area (TPSA) is 210 Å². The van der Waals surface area contributed by atoms with Crippen LogP contribution in [0.4, 0.5) is 0 Å². The zero-order valence-electron chi connectivity index (χ0n) is 12.4. The second-order valence-corrected chi connectivity index (χ2v) is 5.74. The van der Waals surface area contributed by atoms with Gasteiger partial charge in [-0.05, 0) is 0 Å². The van der Waals surface area contributed by atoms with Crippen LogP contribution in [0.25, 0.3) is 0 Å². The van der Waals surface area contributed by atoms with E-state index in [4.69, 9.17) is 24.4 Å². The molecule has 0 aromatic carbocycles. The van der Waals surface area contributed by atoms with Gasteiger partial charge in [-0.3, -0.25) is 4.74 Å². The highest BCUT2D eigenvalue weighted by Crippen LogP contribution is 2.39. The lowest BCUT2D eigenvalue weighted by Gasteiger charge is -2.47. The molecule has 2 heterocycles. The van der Waals surface area contributed by atoms with E-state index in [9.17, 15) is 35.7 Å². The maximum absolute atomic E-state index is 10.3. The Balaban J connectivity index is 2.29. The number of aliphatic hydroxyl groups excluding tert-OH is 8. The summed E-state index contributed by atoms with van der Waals surface area (Å²) in [6, 6.07) is 0. The molecule has 24 heavy (non-hydrogen) atoms. The summed E-state index contributed by atoms with van der Waals surface area (Å²) in [6.45, 7) is -2.76. The minimum Gasteiger partial charge on any atom is -0.394 e. The van der Waals surface area contributed by atoms with Gasteiger partial charge in [0, 0.05) is 0 Å². The number of ether oxygens (including phenoxy) is 3. The predicted molar refractivity (Wildman–Crippen MR) is 69.8 cm³/mol. The lowest BCUT2D eigenvalue weighted by Crippen LogP contribution is -2.69. The van der Waals surface area contributed by atoms with Gasteiger partial charge < -0.3 is 55.4 Å². The molecule has 0 saturated carbocycles. The minimum atomic E-state index is -3.11. The molecule has 9 N–H and O–H groups in total. The molecule has 0 radical (unpaired) electrons. The number of aliphatic hydroxyl groups is 9. The van der Waals surface area contributed by atoms with Crippen molar-refractivity contribution in [2.75, 3.05) is 19.8 Å². The lowest BCUT2D eigenvalue weighted by atomic mass is 9.97. The van der Waals surface area contributed by atoms with Crippen LogP contribution in [-0.4, -0.2) is 120 Å². The van der Waals surface area contributed by atoms with Gasteiger partial charge in [0.2, 0.25) is 5.79 Å². The van der Waals surface area contributed by atoms with Crippen LogP contribution in [0.5, 0.6) is 0 Å². The lowest BCUT2D eigenvalue weighted by molar-refractivity contribution is -0.500. The first-order valence-corrected chi connectivity index (χ1v) is 7.17. The van der Waals surface area contributed by atoms with Gasteiger partial charge in [-0.1, -0.05) is 0 Å². The average molecular weight is 358 g/mol. The van der Waals surface area contributed by atoms with Gasteiger partial charge >= 0.3 is 5.97 Å². The van der Waals surface area contributed by atoms with E-state index in [1.54, 1.807) is 0 Å². The monoisotopic (exact) mass is 358 g/mol. The second kappa shape index (κ2) is 7.03. The SMILES string of the molecule is OC[C@H]1O[C@](CO)(O[C@@]2(O)O[C@H](CO)[C@@H](O)[C@H](O)[C@H]2O)[C@@H](O)[C@@H]1O. The third-order valence-corrected chi connectivity index (χ3v) is 4.15. The Bertz CT molecular complexity index is 434. The van der Waals surface area contributed by atoms with E-state index in [0.29, 0.717) is 0 Å². The van der Waals surface area contributed by atoms with E-state index in [2.05, 4.69) is 0 Å². The van der Waals surface area contributed by atoms with Crippen LogP contribution in [0, 0.1) is 0 Å². The van der Waals surface area contributed by atoms with E-state index in [0.717, 1.165) is 0 Å². The zero-order valence-corrected chi connectivity index (χ0v) is 12.4. The second-order valence-electron chi connectivity index (χ2n) is 5.74. The standard InChI is InChI=1S/C12H22O12/c13-1-4-6(16)8(18)10(20)12(21,23-4)24-11(3-15)9(19)7(17)5(2-14)22-11/h4-10,13-21H,1-3H2/t4-,5-,6-,7-,8+,9+,10-,11-,12+/m1/s1. The summed E-state index contributed by atoms with van der Waals surface area (Å²) < 4.78 is 14.8. The first kappa shape index (κ1) is 19.8. The number of hydrogen-bond acceptors (Lipinski definition) is 12. The highest BCUT2D eigenvalue weighted by molar-refractivity contribution is 4.99. The van der Waals surface area contributed by atoms with E-state index in [1.807, 2.05) is 0 Å². The minimum absolute atomic E-state index is 0.758. The molecule has 9 atom stereocenters. The summed E-state index contributed by atoms with van der Waals surface area (Å²) in [4.78, 5) is 0. The van der Waals surface area contributed by atoms with E-state index < -0.39 is 74.3 Å². The number of rotatable bonds is 5. The van der Waals surface area contributed by atoms with Crippen molar-refractivity contribution in [3.05, 3.63) is 0 Å². The van der Waals surface area contributed by atoms with Crippen LogP contribution < -0.4 is 0 Å². The largest absolute Gasteiger partial charge is 0.394 e. The molecule has 0 aromatic heterocycles. The molecule has 12 nitrogen and oxygen atoms in total. The molecule has 0 aromatic rings.